The lowest BCUT2D eigenvalue weighted by Gasteiger charge is -2.33. The highest BCUT2D eigenvalue weighted by molar-refractivity contribution is 5.75. The van der Waals surface area contributed by atoms with Crippen LogP contribution >= 0.6 is 0 Å². The Hall–Kier alpha value is -3.06. The standard InChI is InChI=1S/C28H41N3O4/c1-21(2)16-17-31(26(33)30-28(3,4)5)19-25(32)24(18-22-12-8-6-9-13-22)29-27(34)35-20-23-14-10-7-11-15-23/h6-15,21,24-25,32H,16-20H2,1-5H3,(H,29,34)(H,30,33). The Kier molecular flexibility index (Phi) is 11.1. The molecule has 0 saturated carbocycles. The van der Waals surface area contributed by atoms with Gasteiger partial charge in [-0.1, -0.05) is 74.5 Å². The van der Waals surface area contributed by atoms with Crippen LogP contribution in [0.3, 0.4) is 0 Å². The fraction of sp³-hybridized carbons (Fsp3) is 0.500. The number of urea groups is 1. The predicted molar refractivity (Wildman–Crippen MR) is 139 cm³/mol. The van der Waals surface area contributed by atoms with Crippen LogP contribution in [-0.2, 0) is 17.8 Å². The quantitative estimate of drug-likeness (QED) is 0.431. The lowest BCUT2D eigenvalue weighted by molar-refractivity contribution is 0.0765. The smallest absolute Gasteiger partial charge is 0.407 e. The number of hydrogen-bond donors (Lipinski definition) is 3. The second-order valence-electron chi connectivity index (χ2n) is 10.4. The van der Waals surface area contributed by atoms with Crippen molar-refractivity contribution in [3.8, 4) is 0 Å². The average Bonchev–Trinajstić information content (AvgIpc) is 2.80. The van der Waals surface area contributed by atoms with Crippen molar-refractivity contribution in [1.29, 1.82) is 0 Å². The molecule has 2 unspecified atom stereocenters. The van der Waals surface area contributed by atoms with E-state index < -0.39 is 23.8 Å². The molecule has 7 nitrogen and oxygen atoms in total. The van der Waals surface area contributed by atoms with Gasteiger partial charge in [0.05, 0.1) is 18.7 Å². The number of nitrogens with zero attached hydrogens (tertiary/aromatic N) is 1. The van der Waals surface area contributed by atoms with Gasteiger partial charge in [0.15, 0.2) is 0 Å². The minimum Gasteiger partial charge on any atom is -0.445 e. The molecule has 0 heterocycles. The lowest BCUT2D eigenvalue weighted by atomic mass is 10.0. The van der Waals surface area contributed by atoms with Crippen LogP contribution in [-0.4, -0.2) is 52.9 Å². The topological polar surface area (TPSA) is 90.9 Å². The second-order valence-corrected chi connectivity index (χ2v) is 10.4. The van der Waals surface area contributed by atoms with Crippen LogP contribution in [0.25, 0.3) is 0 Å². The zero-order valence-corrected chi connectivity index (χ0v) is 21.7. The summed E-state index contributed by atoms with van der Waals surface area (Å²) in [6.45, 7) is 10.7. The summed E-state index contributed by atoms with van der Waals surface area (Å²) in [7, 11) is 0. The lowest BCUT2D eigenvalue weighted by Crippen LogP contribution is -2.54. The van der Waals surface area contributed by atoms with E-state index in [1.807, 2.05) is 81.4 Å². The molecule has 0 aliphatic rings. The van der Waals surface area contributed by atoms with Crippen LogP contribution in [0, 0.1) is 5.92 Å². The van der Waals surface area contributed by atoms with Gasteiger partial charge in [0.1, 0.15) is 6.61 Å². The van der Waals surface area contributed by atoms with Crippen molar-refractivity contribution in [3.63, 3.8) is 0 Å². The average molecular weight is 484 g/mol. The molecular weight excluding hydrogens is 442 g/mol. The number of hydrogen-bond acceptors (Lipinski definition) is 4. The number of rotatable bonds is 11. The monoisotopic (exact) mass is 483 g/mol. The van der Waals surface area contributed by atoms with Gasteiger partial charge in [0.2, 0.25) is 0 Å². The molecule has 2 rings (SSSR count). The fourth-order valence-corrected chi connectivity index (χ4v) is 3.51. The zero-order chi connectivity index (χ0) is 25.8. The summed E-state index contributed by atoms with van der Waals surface area (Å²) < 4.78 is 5.39. The van der Waals surface area contributed by atoms with E-state index in [1.54, 1.807) is 4.90 Å². The number of carbonyl (C=O) groups excluding carboxylic acids is 2. The van der Waals surface area contributed by atoms with E-state index in [-0.39, 0.29) is 19.2 Å². The van der Waals surface area contributed by atoms with E-state index in [4.69, 9.17) is 4.74 Å². The predicted octanol–water partition coefficient (Wildman–Crippen LogP) is 4.74. The minimum absolute atomic E-state index is 0.0884. The highest BCUT2D eigenvalue weighted by Crippen LogP contribution is 2.12. The summed E-state index contributed by atoms with van der Waals surface area (Å²) in [6.07, 6.45) is -0.388. The van der Waals surface area contributed by atoms with Crippen LogP contribution in [0.1, 0.15) is 52.2 Å². The molecule has 3 amide bonds. The van der Waals surface area contributed by atoms with Crippen LogP contribution in [0.5, 0.6) is 0 Å². The largest absolute Gasteiger partial charge is 0.445 e. The van der Waals surface area contributed by atoms with Gasteiger partial charge in [-0.15, -0.1) is 0 Å². The third kappa shape index (κ3) is 11.3. The molecule has 0 saturated heterocycles. The molecule has 0 spiro atoms. The van der Waals surface area contributed by atoms with Gasteiger partial charge in [0, 0.05) is 12.1 Å². The van der Waals surface area contributed by atoms with E-state index in [2.05, 4.69) is 24.5 Å². The Bertz CT molecular complexity index is 897. The molecule has 3 N–H and O–H groups in total. The van der Waals surface area contributed by atoms with Gasteiger partial charge in [-0.3, -0.25) is 0 Å². The number of amides is 3. The first-order valence-electron chi connectivity index (χ1n) is 12.3. The molecule has 192 valence electrons. The SMILES string of the molecule is CC(C)CCN(CC(O)C(Cc1ccccc1)NC(=O)OCc1ccccc1)C(=O)NC(C)(C)C. The summed E-state index contributed by atoms with van der Waals surface area (Å²) in [5.41, 5.74) is 1.44. The van der Waals surface area contributed by atoms with Gasteiger partial charge < -0.3 is 25.4 Å². The van der Waals surface area contributed by atoms with Gasteiger partial charge in [-0.25, -0.2) is 9.59 Å². The molecule has 0 fully saturated rings. The van der Waals surface area contributed by atoms with Crippen molar-refractivity contribution < 1.29 is 19.4 Å². The maximum atomic E-state index is 13.0. The Balaban J connectivity index is 2.12. The van der Waals surface area contributed by atoms with Crippen molar-refractivity contribution in [3.05, 3.63) is 71.8 Å². The van der Waals surface area contributed by atoms with Crippen LogP contribution in [0.15, 0.2) is 60.7 Å². The Labute approximate surface area is 209 Å². The maximum Gasteiger partial charge on any atom is 0.407 e. The molecule has 0 radical (unpaired) electrons. The Morgan fingerprint density at radius 1 is 0.971 bits per heavy atom. The highest BCUT2D eigenvalue weighted by Gasteiger charge is 2.28. The third-order valence-electron chi connectivity index (χ3n) is 5.43. The number of carbonyl (C=O) groups is 2. The summed E-state index contributed by atoms with van der Waals surface area (Å²) in [5.74, 6) is 0.406. The van der Waals surface area contributed by atoms with Crippen molar-refractivity contribution in [1.82, 2.24) is 15.5 Å². The number of ether oxygens (including phenoxy) is 1. The third-order valence-corrected chi connectivity index (χ3v) is 5.43. The molecule has 2 atom stereocenters. The Morgan fingerprint density at radius 2 is 1.54 bits per heavy atom. The number of aliphatic hydroxyl groups excluding tert-OH is 1. The first-order chi connectivity index (χ1) is 16.5. The van der Waals surface area contributed by atoms with Gasteiger partial charge in [0.25, 0.3) is 0 Å². The maximum absolute atomic E-state index is 13.0. The summed E-state index contributed by atoms with van der Waals surface area (Å²) in [4.78, 5) is 27.2. The van der Waals surface area contributed by atoms with Crippen molar-refractivity contribution >= 4 is 12.1 Å². The van der Waals surface area contributed by atoms with E-state index in [9.17, 15) is 14.7 Å². The zero-order valence-electron chi connectivity index (χ0n) is 21.7. The summed E-state index contributed by atoms with van der Waals surface area (Å²) in [6, 6.07) is 18.2. The molecule has 0 aromatic heterocycles. The van der Waals surface area contributed by atoms with Crippen LogP contribution in [0.4, 0.5) is 9.59 Å². The molecule has 7 heteroatoms. The summed E-state index contributed by atoms with van der Waals surface area (Å²) >= 11 is 0. The van der Waals surface area contributed by atoms with E-state index in [0.29, 0.717) is 18.9 Å². The van der Waals surface area contributed by atoms with E-state index >= 15 is 0 Å². The molecular formula is C28H41N3O4. The van der Waals surface area contributed by atoms with Crippen molar-refractivity contribution in [2.75, 3.05) is 13.1 Å². The molecule has 0 bridgehead atoms. The normalized spacial score (nSPS) is 13.1. The molecule has 2 aromatic rings. The number of nitrogens with one attached hydrogen (secondary N) is 2. The van der Waals surface area contributed by atoms with E-state index in [0.717, 1.165) is 17.5 Å². The minimum atomic E-state index is -0.989. The van der Waals surface area contributed by atoms with Crippen molar-refractivity contribution in [2.45, 2.75) is 71.8 Å². The number of benzene rings is 2. The Morgan fingerprint density at radius 3 is 2.09 bits per heavy atom. The molecule has 35 heavy (non-hydrogen) atoms. The number of alkyl carbamates (subject to hydrolysis) is 1. The van der Waals surface area contributed by atoms with Crippen molar-refractivity contribution in [2.24, 2.45) is 5.92 Å². The molecule has 0 aliphatic carbocycles. The van der Waals surface area contributed by atoms with Crippen LogP contribution < -0.4 is 10.6 Å². The molecule has 0 aliphatic heterocycles. The highest BCUT2D eigenvalue weighted by atomic mass is 16.5. The second kappa shape index (κ2) is 13.7. The first kappa shape index (κ1) is 28.2. The van der Waals surface area contributed by atoms with E-state index in [1.165, 1.54) is 0 Å². The molecule has 2 aromatic carbocycles. The summed E-state index contributed by atoms with van der Waals surface area (Å²) in [5, 5.41) is 17.0. The van der Waals surface area contributed by atoms with Crippen LogP contribution in [0.2, 0.25) is 0 Å². The first-order valence-corrected chi connectivity index (χ1v) is 12.3. The van der Waals surface area contributed by atoms with Gasteiger partial charge in [-0.05, 0) is 50.7 Å². The van der Waals surface area contributed by atoms with Gasteiger partial charge in [-0.2, -0.15) is 0 Å². The number of aliphatic hydroxyl groups is 1. The fourth-order valence-electron chi connectivity index (χ4n) is 3.51. The van der Waals surface area contributed by atoms with Gasteiger partial charge >= 0.3 is 12.1 Å².